The first-order chi connectivity index (χ1) is 9.48. The van der Waals surface area contributed by atoms with Crippen molar-refractivity contribution in [2.45, 2.75) is 64.6 Å². The molecule has 0 aliphatic carbocycles. The van der Waals surface area contributed by atoms with Gasteiger partial charge in [0.2, 0.25) is 0 Å². The van der Waals surface area contributed by atoms with Crippen LogP contribution < -0.4 is 5.73 Å². The second kappa shape index (κ2) is 6.22. The van der Waals surface area contributed by atoms with Crippen molar-refractivity contribution >= 4 is 12.1 Å². The molecule has 0 bridgehead atoms. The average Bonchev–Trinajstić information content (AvgIpc) is 2.33. The number of amides is 1. The van der Waals surface area contributed by atoms with E-state index in [9.17, 15) is 9.59 Å². The van der Waals surface area contributed by atoms with Crippen molar-refractivity contribution in [2.24, 2.45) is 11.7 Å². The van der Waals surface area contributed by atoms with Crippen LogP contribution in [-0.4, -0.2) is 47.8 Å². The van der Waals surface area contributed by atoms with Crippen molar-refractivity contribution in [1.29, 1.82) is 0 Å². The normalized spacial score (nSPS) is 23.4. The highest BCUT2D eigenvalue weighted by Crippen LogP contribution is 2.34. The van der Waals surface area contributed by atoms with Crippen LogP contribution in [-0.2, 0) is 14.3 Å². The maximum atomic E-state index is 12.3. The second-order valence-electron chi connectivity index (χ2n) is 7.25. The van der Waals surface area contributed by atoms with Crippen LogP contribution in [0.1, 0.15) is 47.5 Å². The van der Waals surface area contributed by atoms with Gasteiger partial charge in [-0.05, 0) is 53.4 Å². The third-order valence-electron chi connectivity index (χ3n) is 3.81. The van der Waals surface area contributed by atoms with Crippen LogP contribution in [0, 0.1) is 5.92 Å². The van der Waals surface area contributed by atoms with Gasteiger partial charge in [0.1, 0.15) is 11.6 Å². The molecule has 1 amide bonds. The van der Waals surface area contributed by atoms with E-state index in [0.29, 0.717) is 19.4 Å². The molecule has 1 aliphatic heterocycles. The number of rotatable bonds is 2. The minimum Gasteiger partial charge on any atom is -0.468 e. The highest BCUT2D eigenvalue weighted by Gasteiger charge is 2.42. The van der Waals surface area contributed by atoms with E-state index in [2.05, 4.69) is 0 Å². The number of ether oxygens (including phenoxy) is 2. The summed E-state index contributed by atoms with van der Waals surface area (Å²) in [6.07, 6.45) is 0.985. The number of methoxy groups -OCH3 is 1. The molecule has 2 N–H and O–H groups in total. The predicted octanol–water partition coefficient (Wildman–Crippen LogP) is 1.91. The fourth-order valence-electron chi connectivity index (χ4n) is 2.74. The molecule has 1 fully saturated rings. The van der Waals surface area contributed by atoms with Gasteiger partial charge >= 0.3 is 12.1 Å². The van der Waals surface area contributed by atoms with Crippen molar-refractivity contribution in [2.75, 3.05) is 13.7 Å². The fraction of sp³-hybridized carbons (Fsp3) is 0.867. The molecule has 0 aromatic heterocycles. The summed E-state index contributed by atoms with van der Waals surface area (Å²) in [5.74, 6) is -0.396. The van der Waals surface area contributed by atoms with E-state index in [-0.39, 0.29) is 12.0 Å². The second-order valence-corrected chi connectivity index (χ2v) is 7.25. The standard InChI is InChI=1S/C15H28N2O4/c1-14(2,3)21-13(19)17-8-7-10(9-15(17,4)5)11(16)12(18)20-6/h10-11H,7-9,16H2,1-6H3/t10?,11-/m1/s1. The Morgan fingerprint density at radius 3 is 2.33 bits per heavy atom. The first-order valence-electron chi connectivity index (χ1n) is 7.32. The largest absolute Gasteiger partial charge is 0.468 e. The van der Waals surface area contributed by atoms with Crippen LogP contribution in [0.2, 0.25) is 0 Å². The summed E-state index contributed by atoms with van der Waals surface area (Å²) in [5.41, 5.74) is 5.01. The molecule has 6 heteroatoms. The number of piperidine rings is 1. The number of esters is 1. The van der Waals surface area contributed by atoms with E-state index in [1.807, 2.05) is 34.6 Å². The van der Waals surface area contributed by atoms with Crippen molar-refractivity contribution in [3.8, 4) is 0 Å². The van der Waals surface area contributed by atoms with E-state index in [1.165, 1.54) is 7.11 Å². The minimum atomic E-state index is -0.643. The molecule has 1 saturated heterocycles. The summed E-state index contributed by atoms with van der Waals surface area (Å²) in [6.45, 7) is 9.99. The molecule has 1 aliphatic rings. The zero-order valence-corrected chi connectivity index (χ0v) is 13.9. The molecule has 0 aromatic carbocycles. The van der Waals surface area contributed by atoms with Crippen LogP contribution in [0.3, 0.4) is 0 Å². The molecule has 122 valence electrons. The monoisotopic (exact) mass is 300 g/mol. The number of carbonyl (C=O) groups is 2. The van der Waals surface area contributed by atoms with Gasteiger partial charge in [0.15, 0.2) is 0 Å². The average molecular weight is 300 g/mol. The zero-order chi connectivity index (χ0) is 16.4. The Labute approximate surface area is 126 Å². The summed E-state index contributed by atoms with van der Waals surface area (Å²) in [4.78, 5) is 25.6. The molecule has 0 spiro atoms. The third kappa shape index (κ3) is 4.59. The van der Waals surface area contributed by atoms with Crippen molar-refractivity contribution in [3.05, 3.63) is 0 Å². The fourth-order valence-corrected chi connectivity index (χ4v) is 2.74. The lowest BCUT2D eigenvalue weighted by atomic mass is 9.79. The molecular weight excluding hydrogens is 272 g/mol. The number of nitrogens with zero attached hydrogens (tertiary/aromatic N) is 1. The molecule has 1 rings (SSSR count). The topological polar surface area (TPSA) is 81.9 Å². The number of hydrogen-bond acceptors (Lipinski definition) is 5. The van der Waals surface area contributed by atoms with Crippen LogP contribution >= 0.6 is 0 Å². The van der Waals surface area contributed by atoms with Crippen molar-refractivity contribution < 1.29 is 19.1 Å². The van der Waals surface area contributed by atoms with Gasteiger partial charge in [-0.1, -0.05) is 0 Å². The number of hydrogen-bond donors (Lipinski definition) is 1. The zero-order valence-electron chi connectivity index (χ0n) is 13.9. The highest BCUT2D eigenvalue weighted by atomic mass is 16.6. The summed E-state index contributed by atoms with van der Waals surface area (Å²) in [7, 11) is 1.34. The molecule has 1 unspecified atom stereocenters. The van der Waals surface area contributed by atoms with Gasteiger partial charge in [-0.25, -0.2) is 4.79 Å². The lowest BCUT2D eigenvalue weighted by Gasteiger charge is -2.46. The SMILES string of the molecule is COC(=O)[C@H](N)C1CCN(C(=O)OC(C)(C)C)C(C)(C)C1. The van der Waals surface area contributed by atoms with Crippen molar-refractivity contribution in [3.63, 3.8) is 0 Å². The molecule has 0 saturated carbocycles. The molecule has 1 heterocycles. The third-order valence-corrected chi connectivity index (χ3v) is 3.81. The van der Waals surface area contributed by atoms with E-state index in [4.69, 9.17) is 15.2 Å². The first-order valence-corrected chi connectivity index (χ1v) is 7.32. The lowest BCUT2D eigenvalue weighted by Crippen LogP contribution is -2.57. The summed E-state index contributed by atoms with van der Waals surface area (Å²) < 4.78 is 10.1. The van der Waals surface area contributed by atoms with Gasteiger partial charge in [0.05, 0.1) is 7.11 Å². The quantitative estimate of drug-likeness (QED) is 0.788. The Morgan fingerprint density at radius 1 is 1.33 bits per heavy atom. The minimum absolute atomic E-state index is 0.00568. The van der Waals surface area contributed by atoms with E-state index >= 15 is 0 Å². The molecule has 0 aromatic rings. The van der Waals surface area contributed by atoms with Gasteiger partial charge in [-0.15, -0.1) is 0 Å². The summed E-state index contributed by atoms with van der Waals surface area (Å²) in [5, 5.41) is 0. The van der Waals surface area contributed by atoms with Gasteiger partial charge in [-0.3, -0.25) is 4.79 Å². The molecule has 0 radical (unpaired) electrons. The Bertz CT molecular complexity index is 401. The van der Waals surface area contributed by atoms with Gasteiger partial charge in [-0.2, -0.15) is 0 Å². The van der Waals surface area contributed by atoms with Gasteiger partial charge in [0, 0.05) is 12.1 Å². The van der Waals surface area contributed by atoms with E-state index in [0.717, 1.165) is 0 Å². The van der Waals surface area contributed by atoms with Crippen molar-refractivity contribution in [1.82, 2.24) is 4.90 Å². The smallest absolute Gasteiger partial charge is 0.410 e. The Hall–Kier alpha value is -1.30. The number of nitrogens with two attached hydrogens (primary N) is 1. The molecular formula is C15H28N2O4. The van der Waals surface area contributed by atoms with Crippen LogP contribution in [0.15, 0.2) is 0 Å². The maximum Gasteiger partial charge on any atom is 0.410 e. The molecule has 21 heavy (non-hydrogen) atoms. The summed E-state index contributed by atoms with van der Waals surface area (Å²) in [6, 6.07) is -0.643. The lowest BCUT2D eigenvalue weighted by molar-refractivity contribution is -0.144. The van der Waals surface area contributed by atoms with Gasteiger partial charge in [0.25, 0.3) is 0 Å². The number of carbonyl (C=O) groups excluding carboxylic acids is 2. The summed E-state index contributed by atoms with van der Waals surface area (Å²) >= 11 is 0. The van der Waals surface area contributed by atoms with E-state index in [1.54, 1.807) is 4.90 Å². The Morgan fingerprint density at radius 2 is 1.90 bits per heavy atom. The molecule has 6 nitrogen and oxygen atoms in total. The highest BCUT2D eigenvalue weighted by molar-refractivity contribution is 5.76. The maximum absolute atomic E-state index is 12.3. The molecule has 2 atom stereocenters. The van der Waals surface area contributed by atoms with Crippen LogP contribution in [0.4, 0.5) is 4.79 Å². The van der Waals surface area contributed by atoms with Crippen LogP contribution in [0.25, 0.3) is 0 Å². The van der Waals surface area contributed by atoms with E-state index < -0.39 is 23.2 Å². The number of likely N-dealkylation sites (tertiary alicyclic amines) is 1. The van der Waals surface area contributed by atoms with Gasteiger partial charge < -0.3 is 20.1 Å². The Kier molecular flexibility index (Phi) is 5.25. The Balaban J connectivity index is 2.75. The van der Waals surface area contributed by atoms with Crippen LogP contribution in [0.5, 0.6) is 0 Å². The predicted molar refractivity (Wildman–Crippen MR) is 79.7 cm³/mol. The first kappa shape index (κ1) is 17.8.